The SMILES string of the molecule is c1ccc(-c2cccc3c2sc2c(N(c4ccc(-c5ccc6c(ccc7ccccc76)c5)cc4)c4cccc(-c5ccc6c(c5)oc5ccccc56)c4)cccc23)cc1. The van der Waals surface area contributed by atoms with Crippen molar-refractivity contribution in [3.63, 3.8) is 0 Å². The van der Waals surface area contributed by atoms with Crippen molar-refractivity contribution in [3.05, 3.63) is 212 Å². The Balaban J connectivity index is 1.01. The Kier molecular flexibility index (Phi) is 7.75. The molecule has 0 bridgehead atoms. The van der Waals surface area contributed by atoms with Gasteiger partial charge in [-0.15, -0.1) is 11.3 Å². The molecule has 12 rings (SSSR count). The maximum Gasteiger partial charge on any atom is 0.136 e. The first-order valence-electron chi connectivity index (χ1n) is 20.1. The number of hydrogen-bond acceptors (Lipinski definition) is 3. The fourth-order valence-electron chi connectivity index (χ4n) is 8.98. The first kappa shape index (κ1) is 33.7. The van der Waals surface area contributed by atoms with Gasteiger partial charge in [0.1, 0.15) is 11.2 Å². The molecule has 0 amide bonds. The maximum atomic E-state index is 6.33. The highest BCUT2D eigenvalue weighted by Crippen LogP contribution is 2.48. The van der Waals surface area contributed by atoms with Crippen LogP contribution in [0, 0.1) is 0 Å². The highest BCUT2D eigenvalue weighted by atomic mass is 32.1. The van der Waals surface area contributed by atoms with Crippen LogP contribution < -0.4 is 4.90 Å². The number of rotatable bonds is 6. The van der Waals surface area contributed by atoms with Crippen molar-refractivity contribution in [2.24, 2.45) is 0 Å². The Morgan fingerprint density at radius 2 is 0.932 bits per heavy atom. The molecular weight excluding hydrogens is 735 g/mol. The molecule has 3 heteroatoms. The van der Waals surface area contributed by atoms with Gasteiger partial charge in [0.2, 0.25) is 0 Å². The van der Waals surface area contributed by atoms with Crippen molar-refractivity contribution >= 4 is 92.1 Å². The van der Waals surface area contributed by atoms with E-state index in [1.165, 1.54) is 64.0 Å². The molecule has 59 heavy (non-hydrogen) atoms. The lowest BCUT2D eigenvalue weighted by Gasteiger charge is -2.27. The number of benzene rings is 10. The third kappa shape index (κ3) is 5.62. The Hall–Kier alpha value is -7.46. The van der Waals surface area contributed by atoms with E-state index in [-0.39, 0.29) is 0 Å². The first-order valence-corrected chi connectivity index (χ1v) is 20.9. The second kappa shape index (κ2) is 13.6. The van der Waals surface area contributed by atoms with Crippen LogP contribution in [0.25, 0.3) is 97.0 Å². The third-order valence-electron chi connectivity index (χ3n) is 11.8. The standard InChI is InChI=1S/C56H35NOS/c1-2-11-37(12-3-1)47-18-9-19-50-51-20-10-21-52(56(51)59-55(47)50)57(44-15-8-14-39(34-44)41-28-32-49-48-17-6-7-22-53(48)58-54(49)35-41)43-29-25-36(26-30-43)40-27-31-46-42(33-40)24-23-38-13-4-5-16-45(38)46/h1-35H. The van der Waals surface area contributed by atoms with E-state index in [2.05, 4.69) is 205 Å². The van der Waals surface area contributed by atoms with E-state index < -0.39 is 0 Å². The van der Waals surface area contributed by atoms with Gasteiger partial charge in [0, 0.05) is 37.6 Å². The van der Waals surface area contributed by atoms with Gasteiger partial charge in [-0.05, 0) is 110 Å². The van der Waals surface area contributed by atoms with E-state index >= 15 is 0 Å². The molecule has 0 fully saturated rings. The van der Waals surface area contributed by atoms with Crippen molar-refractivity contribution in [1.82, 2.24) is 0 Å². The first-order chi connectivity index (χ1) is 29.2. The molecule has 0 aliphatic carbocycles. The van der Waals surface area contributed by atoms with Gasteiger partial charge in [-0.25, -0.2) is 0 Å². The summed E-state index contributed by atoms with van der Waals surface area (Å²) in [4.78, 5) is 2.43. The smallest absolute Gasteiger partial charge is 0.136 e. The zero-order valence-electron chi connectivity index (χ0n) is 32.0. The summed E-state index contributed by atoms with van der Waals surface area (Å²) in [5.41, 5.74) is 12.3. The average molecular weight is 770 g/mol. The van der Waals surface area contributed by atoms with Crippen LogP contribution in [0.15, 0.2) is 217 Å². The van der Waals surface area contributed by atoms with Gasteiger partial charge in [-0.2, -0.15) is 0 Å². The molecule has 2 aromatic heterocycles. The lowest BCUT2D eigenvalue weighted by molar-refractivity contribution is 0.669. The van der Waals surface area contributed by atoms with E-state index in [9.17, 15) is 0 Å². The molecule has 2 heterocycles. The fraction of sp³-hybridized carbons (Fsp3) is 0. The largest absolute Gasteiger partial charge is 0.456 e. The lowest BCUT2D eigenvalue weighted by Crippen LogP contribution is -2.10. The van der Waals surface area contributed by atoms with Gasteiger partial charge < -0.3 is 9.32 Å². The molecule has 276 valence electrons. The van der Waals surface area contributed by atoms with Crippen LogP contribution in [0.2, 0.25) is 0 Å². The van der Waals surface area contributed by atoms with Crippen LogP contribution in [-0.2, 0) is 0 Å². The number of furan rings is 1. The molecule has 0 aliphatic rings. The van der Waals surface area contributed by atoms with E-state index in [1.807, 2.05) is 23.5 Å². The van der Waals surface area contributed by atoms with Crippen molar-refractivity contribution in [1.29, 1.82) is 0 Å². The van der Waals surface area contributed by atoms with Crippen LogP contribution in [0.1, 0.15) is 0 Å². The van der Waals surface area contributed by atoms with Gasteiger partial charge >= 0.3 is 0 Å². The molecule has 0 saturated heterocycles. The molecule has 0 saturated carbocycles. The molecule has 10 aromatic carbocycles. The van der Waals surface area contributed by atoms with Crippen molar-refractivity contribution in [3.8, 4) is 33.4 Å². The molecule has 0 spiro atoms. The summed E-state index contributed by atoms with van der Waals surface area (Å²) < 4.78 is 8.89. The fourth-order valence-corrected chi connectivity index (χ4v) is 10.3. The Morgan fingerprint density at radius 1 is 0.322 bits per heavy atom. The summed E-state index contributed by atoms with van der Waals surface area (Å²) in [5, 5.41) is 9.89. The zero-order chi connectivity index (χ0) is 38.9. The normalized spacial score (nSPS) is 11.7. The van der Waals surface area contributed by atoms with Crippen LogP contribution in [0.4, 0.5) is 17.1 Å². The van der Waals surface area contributed by atoms with Crippen molar-refractivity contribution < 1.29 is 4.42 Å². The topological polar surface area (TPSA) is 16.4 Å². The van der Waals surface area contributed by atoms with Crippen LogP contribution >= 0.6 is 11.3 Å². The summed E-state index contributed by atoms with van der Waals surface area (Å²) in [7, 11) is 0. The molecule has 12 aromatic rings. The van der Waals surface area contributed by atoms with Crippen molar-refractivity contribution in [2.75, 3.05) is 4.90 Å². The highest BCUT2D eigenvalue weighted by molar-refractivity contribution is 7.27. The molecule has 0 atom stereocenters. The highest BCUT2D eigenvalue weighted by Gasteiger charge is 2.20. The minimum atomic E-state index is 0.896. The third-order valence-corrected chi connectivity index (χ3v) is 13.1. The molecule has 0 N–H and O–H groups in total. The Morgan fingerprint density at radius 3 is 1.81 bits per heavy atom. The molecule has 0 radical (unpaired) electrons. The summed E-state index contributed by atoms with van der Waals surface area (Å²) in [6, 6.07) is 77.0. The van der Waals surface area contributed by atoms with E-state index in [0.717, 1.165) is 50.1 Å². The van der Waals surface area contributed by atoms with Gasteiger partial charge in [0.05, 0.1) is 10.4 Å². The van der Waals surface area contributed by atoms with Crippen LogP contribution in [-0.4, -0.2) is 0 Å². The second-order valence-corrected chi connectivity index (χ2v) is 16.3. The average Bonchev–Trinajstić information content (AvgIpc) is 3.88. The Labute approximate surface area is 345 Å². The van der Waals surface area contributed by atoms with Gasteiger partial charge in [0.15, 0.2) is 0 Å². The number of hydrogen-bond donors (Lipinski definition) is 0. The van der Waals surface area contributed by atoms with E-state index in [4.69, 9.17) is 4.42 Å². The van der Waals surface area contributed by atoms with E-state index in [1.54, 1.807) is 0 Å². The number of para-hydroxylation sites is 1. The number of thiophene rings is 1. The summed E-state index contributed by atoms with van der Waals surface area (Å²) >= 11 is 1.88. The van der Waals surface area contributed by atoms with Gasteiger partial charge in [-0.1, -0.05) is 158 Å². The minimum absolute atomic E-state index is 0.896. The van der Waals surface area contributed by atoms with Crippen molar-refractivity contribution in [2.45, 2.75) is 0 Å². The van der Waals surface area contributed by atoms with Gasteiger partial charge in [-0.3, -0.25) is 0 Å². The Bertz CT molecular complexity index is 3560. The molecule has 2 nitrogen and oxygen atoms in total. The second-order valence-electron chi connectivity index (χ2n) is 15.3. The quantitative estimate of drug-likeness (QED) is 0.157. The summed E-state index contributed by atoms with van der Waals surface area (Å²) in [6.45, 7) is 0. The molecular formula is C56H35NOS. The van der Waals surface area contributed by atoms with Gasteiger partial charge in [0.25, 0.3) is 0 Å². The molecule has 0 unspecified atom stereocenters. The van der Waals surface area contributed by atoms with E-state index in [0.29, 0.717) is 0 Å². The monoisotopic (exact) mass is 769 g/mol. The maximum absolute atomic E-state index is 6.33. The summed E-state index contributed by atoms with van der Waals surface area (Å²) in [5.74, 6) is 0. The number of nitrogens with zero attached hydrogens (tertiary/aromatic N) is 1. The molecule has 0 aliphatic heterocycles. The van der Waals surface area contributed by atoms with Crippen LogP contribution in [0.3, 0.4) is 0 Å². The zero-order valence-corrected chi connectivity index (χ0v) is 32.8. The predicted octanol–water partition coefficient (Wildman–Crippen LogP) is 16.7. The number of fused-ring (bicyclic) bond motifs is 9. The minimum Gasteiger partial charge on any atom is -0.456 e. The predicted molar refractivity (Wildman–Crippen MR) is 253 cm³/mol. The summed E-state index contributed by atoms with van der Waals surface area (Å²) in [6.07, 6.45) is 0. The van der Waals surface area contributed by atoms with Crippen LogP contribution in [0.5, 0.6) is 0 Å². The lowest BCUT2D eigenvalue weighted by atomic mass is 9.97. The number of anilines is 3.